The van der Waals surface area contributed by atoms with E-state index in [0.29, 0.717) is 0 Å². The van der Waals surface area contributed by atoms with Crippen LogP contribution in [-0.4, -0.2) is 79.2 Å². The molecule has 2 atom stereocenters. The van der Waals surface area contributed by atoms with Gasteiger partial charge in [-0.2, -0.15) is 0 Å². The molecule has 0 saturated carbocycles. The number of carboxylic acids is 2. The van der Waals surface area contributed by atoms with Crippen LogP contribution < -0.4 is 0 Å². The summed E-state index contributed by atoms with van der Waals surface area (Å²) in [7, 11) is 0. The van der Waals surface area contributed by atoms with Gasteiger partial charge in [0.2, 0.25) is 0 Å². The van der Waals surface area contributed by atoms with Crippen LogP contribution in [0.15, 0.2) is 0 Å². The van der Waals surface area contributed by atoms with Gasteiger partial charge in [-0.05, 0) is 0 Å². The Kier molecular flexibility index (Phi) is 11.5. The molecule has 0 amide bonds. The summed E-state index contributed by atoms with van der Waals surface area (Å²) in [6, 6.07) is 0. The van der Waals surface area contributed by atoms with Gasteiger partial charge in [0.15, 0.2) is 0 Å². The summed E-state index contributed by atoms with van der Waals surface area (Å²) in [4.78, 5) is 19.3. The highest BCUT2D eigenvalue weighted by Gasteiger charge is 2.22. The second-order valence-corrected chi connectivity index (χ2v) is 3.28. The first-order chi connectivity index (χ1) is 8.26. The second kappa shape index (κ2) is 10.9. The molecular weight excluding hydrogens is 252 g/mol. The number of carbonyl (C=O) groups is 2. The molecule has 0 heterocycles. The molecule has 7 N–H and O–H groups in total. The Morgan fingerprint density at radius 1 is 0.778 bits per heavy atom. The Morgan fingerprint density at radius 3 is 1.22 bits per heavy atom. The van der Waals surface area contributed by atoms with E-state index in [2.05, 4.69) is 0 Å². The predicted octanol–water partition coefficient (Wildman–Crippen LogP) is -3.01. The molecule has 0 fully saturated rings. The number of aliphatic hydroxyl groups excluding tert-OH is 5. The Morgan fingerprint density at radius 2 is 1.06 bits per heavy atom. The highest BCUT2D eigenvalue weighted by Crippen LogP contribution is 1.98. The van der Waals surface area contributed by atoms with E-state index in [0.717, 1.165) is 0 Å². The van der Waals surface area contributed by atoms with Crippen LogP contribution in [-0.2, 0) is 9.59 Å². The maximum absolute atomic E-state index is 9.64. The van der Waals surface area contributed by atoms with E-state index in [9.17, 15) is 9.59 Å². The van der Waals surface area contributed by atoms with Crippen molar-refractivity contribution < 1.29 is 45.3 Å². The molecule has 0 aromatic rings. The predicted molar refractivity (Wildman–Crippen MR) is 56.7 cm³/mol. The lowest BCUT2D eigenvalue weighted by molar-refractivity contribution is -0.143. The lowest BCUT2D eigenvalue weighted by Crippen LogP contribution is -2.41. The average molecular weight is 270 g/mol. The molecule has 0 aromatic carbocycles. The maximum atomic E-state index is 9.64. The van der Waals surface area contributed by atoms with Crippen molar-refractivity contribution in [3.63, 3.8) is 0 Å². The van der Waals surface area contributed by atoms with Gasteiger partial charge in [-0.15, -0.1) is 0 Å². The lowest BCUT2D eigenvalue weighted by atomic mass is 10.1. The fourth-order valence-corrected chi connectivity index (χ4v) is 0.686. The van der Waals surface area contributed by atoms with Gasteiger partial charge in [0.25, 0.3) is 0 Å². The van der Waals surface area contributed by atoms with Gasteiger partial charge in [-0.25, -0.2) is 0 Å². The van der Waals surface area contributed by atoms with Crippen molar-refractivity contribution in [3.05, 3.63) is 0 Å². The van der Waals surface area contributed by atoms with E-state index >= 15 is 0 Å². The van der Waals surface area contributed by atoms with Crippen molar-refractivity contribution in [3.8, 4) is 0 Å². The normalized spacial score (nSPS) is 14.9. The Hall–Kier alpha value is -1.26. The van der Waals surface area contributed by atoms with Gasteiger partial charge < -0.3 is 35.7 Å². The zero-order valence-corrected chi connectivity index (χ0v) is 9.51. The van der Waals surface area contributed by atoms with Crippen molar-refractivity contribution in [2.75, 3.05) is 13.2 Å². The molecule has 0 aliphatic carbocycles. The SMILES string of the molecule is O=C(O)CCC(=O)O.OCC(O)C(O)C(O)CO. The first kappa shape index (κ1) is 19.1. The van der Waals surface area contributed by atoms with Gasteiger partial charge >= 0.3 is 11.9 Å². The molecular formula is C9H18O9. The van der Waals surface area contributed by atoms with E-state index in [4.69, 9.17) is 35.7 Å². The average Bonchev–Trinajstić information content (AvgIpc) is 2.34. The van der Waals surface area contributed by atoms with E-state index in [1.54, 1.807) is 0 Å². The van der Waals surface area contributed by atoms with Crippen LogP contribution in [0.4, 0.5) is 0 Å². The van der Waals surface area contributed by atoms with Crippen LogP contribution >= 0.6 is 0 Å². The van der Waals surface area contributed by atoms with Gasteiger partial charge in [-0.3, -0.25) is 9.59 Å². The lowest BCUT2D eigenvalue weighted by Gasteiger charge is -2.19. The number of hydrogen-bond acceptors (Lipinski definition) is 7. The third-order valence-corrected chi connectivity index (χ3v) is 1.72. The van der Waals surface area contributed by atoms with E-state index in [1.807, 2.05) is 0 Å². The highest BCUT2D eigenvalue weighted by molar-refractivity contribution is 5.75. The first-order valence-corrected chi connectivity index (χ1v) is 4.95. The highest BCUT2D eigenvalue weighted by atomic mass is 16.4. The van der Waals surface area contributed by atoms with Crippen molar-refractivity contribution in [1.82, 2.24) is 0 Å². The molecule has 0 saturated heterocycles. The number of rotatable bonds is 7. The minimum Gasteiger partial charge on any atom is -0.481 e. The van der Waals surface area contributed by atoms with E-state index in [-0.39, 0.29) is 12.8 Å². The van der Waals surface area contributed by atoms with Crippen LogP contribution in [0, 0.1) is 0 Å². The number of aliphatic hydroxyl groups is 5. The van der Waals surface area contributed by atoms with Crippen LogP contribution in [0.2, 0.25) is 0 Å². The summed E-state index contributed by atoms with van der Waals surface area (Å²) < 4.78 is 0. The van der Waals surface area contributed by atoms with Crippen molar-refractivity contribution in [2.24, 2.45) is 0 Å². The summed E-state index contributed by atoms with van der Waals surface area (Å²) in [5, 5.41) is 58.4. The van der Waals surface area contributed by atoms with Gasteiger partial charge in [-0.1, -0.05) is 0 Å². The maximum Gasteiger partial charge on any atom is 0.303 e. The topological polar surface area (TPSA) is 176 Å². The molecule has 0 aliphatic rings. The standard InChI is InChI=1S/C5H12O5.C4H6O4/c6-1-3(8)5(10)4(9)2-7;5-3(6)1-2-4(7)8/h3-10H,1-2H2;1-2H2,(H,5,6)(H,7,8). The number of aliphatic carboxylic acids is 2. The van der Waals surface area contributed by atoms with Crippen molar-refractivity contribution in [1.29, 1.82) is 0 Å². The summed E-state index contributed by atoms with van der Waals surface area (Å²) in [6.45, 7) is -1.28. The molecule has 0 aliphatic heterocycles. The van der Waals surface area contributed by atoms with Crippen molar-refractivity contribution >= 4 is 11.9 Å². The largest absolute Gasteiger partial charge is 0.481 e. The van der Waals surface area contributed by atoms with Gasteiger partial charge in [0.1, 0.15) is 18.3 Å². The smallest absolute Gasteiger partial charge is 0.303 e. The molecule has 0 spiro atoms. The second-order valence-electron chi connectivity index (χ2n) is 3.28. The molecule has 2 unspecified atom stereocenters. The van der Waals surface area contributed by atoms with Crippen LogP contribution in [0.3, 0.4) is 0 Å². The molecule has 0 rings (SSSR count). The Balaban J connectivity index is 0. The first-order valence-electron chi connectivity index (χ1n) is 4.95. The summed E-state index contributed by atoms with van der Waals surface area (Å²) in [6.07, 6.45) is -4.88. The molecule has 18 heavy (non-hydrogen) atoms. The van der Waals surface area contributed by atoms with E-state index < -0.39 is 43.5 Å². The number of hydrogen-bond donors (Lipinski definition) is 7. The van der Waals surface area contributed by atoms with E-state index in [1.165, 1.54) is 0 Å². The minimum atomic E-state index is -1.49. The van der Waals surface area contributed by atoms with Crippen molar-refractivity contribution in [2.45, 2.75) is 31.2 Å². The minimum absolute atomic E-state index is 0.296. The van der Waals surface area contributed by atoms with Gasteiger partial charge in [0.05, 0.1) is 26.1 Å². The molecule has 9 heteroatoms. The summed E-state index contributed by atoms with van der Waals surface area (Å²) in [5.74, 6) is -2.15. The molecule has 0 bridgehead atoms. The third kappa shape index (κ3) is 11.2. The zero-order valence-electron chi connectivity index (χ0n) is 9.51. The van der Waals surface area contributed by atoms with Gasteiger partial charge in [0, 0.05) is 0 Å². The van der Waals surface area contributed by atoms with Crippen LogP contribution in [0.1, 0.15) is 12.8 Å². The summed E-state index contributed by atoms with van der Waals surface area (Å²) >= 11 is 0. The summed E-state index contributed by atoms with van der Waals surface area (Å²) in [5.41, 5.74) is 0. The zero-order chi connectivity index (χ0) is 14.7. The number of carboxylic acid groups (broad SMARTS) is 2. The fourth-order valence-electron chi connectivity index (χ4n) is 0.686. The third-order valence-electron chi connectivity index (χ3n) is 1.72. The van der Waals surface area contributed by atoms with Crippen LogP contribution in [0.5, 0.6) is 0 Å². The molecule has 9 nitrogen and oxygen atoms in total. The fraction of sp³-hybridized carbons (Fsp3) is 0.778. The Bertz CT molecular complexity index is 218. The monoisotopic (exact) mass is 270 g/mol. The molecule has 108 valence electrons. The molecule has 0 aromatic heterocycles. The molecule has 0 radical (unpaired) electrons. The quantitative estimate of drug-likeness (QED) is 0.254. The van der Waals surface area contributed by atoms with Crippen LogP contribution in [0.25, 0.3) is 0 Å². The Labute approximate surface area is 103 Å².